The first kappa shape index (κ1) is 33.2. The third-order valence-corrected chi connectivity index (χ3v) is 12.8. The van der Waals surface area contributed by atoms with E-state index in [1.54, 1.807) is 6.20 Å². The fraction of sp³-hybridized carbons (Fsp3) is 0.538. The van der Waals surface area contributed by atoms with Gasteiger partial charge in [0.05, 0.1) is 36.5 Å². The molecule has 1 N–H and O–H groups in total. The smallest absolute Gasteiger partial charge is 0.422 e. The van der Waals surface area contributed by atoms with E-state index >= 15 is 0 Å². The van der Waals surface area contributed by atoms with Gasteiger partial charge >= 0.3 is 6.18 Å². The molecule has 53 heavy (non-hydrogen) atoms. The van der Waals surface area contributed by atoms with Crippen LogP contribution in [0.4, 0.5) is 24.9 Å². The van der Waals surface area contributed by atoms with Crippen LogP contribution >= 0.6 is 0 Å². The number of rotatable bonds is 8. The second-order valence-electron chi connectivity index (χ2n) is 16.3. The number of halogens is 3. The molecule has 2 aromatic heterocycles. The first-order chi connectivity index (χ1) is 25.5. The molecule has 0 atom stereocenters. The molecule has 6 fully saturated rings. The predicted octanol–water partition coefficient (Wildman–Crippen LogP) is 5.58. The van der Waals surface area contributed by atoms with Crippen LogP contribution in [0.25, 0.3) is 32.9 Å². The van der Waals surface area contributed by atoms with E-state index < -0.39 is 12.8 Å². The third kappa shape index (κ3) is 5.37. The summed E-state index contributed by atoms with van der Waals surface area (Å²) in [5.74, 6) is 1.55. The third-order valence-electron chi connectivity index (χ3n) is 12.8. The van der Waals surface area contributed by atoms with Gasteiger partial charge in [-0.25, -0.2) is 4.98 Å². The average Bonchev–Trinajstić information content (AvgIpc) is 3.81. The number of amides is 1. The molecule has 7 heterocycles. The molecule has 6 aliphatic rings. The number of carbonyl (C=O) groups excluding carboxylic acids is 1. The number of alkyl halides is 3. The normalized spacial score (nSPS) is 22.5. The minimum absolute atomic E-state index is 0.0391. The molecule has 278 valence electrons. The molecule has 11 nitrogen and oxygen atoms in total. The fourth-order valence-corrected chi connectivity index (χ4v) is 9.57. The Balaban J connectivity index is 1.11. The largest absolute Gasteiger partial charge is 0.481 e. The molecule has 0 radical (unpaired) electrons. The fourth-order valence-electron chi connectivity index (χ4n) is 9.57. The number of likely N-dealkylation sites (tertiary alicyclic amines) is 2. The first-order valence-electron chi connectivity index (χ1n) is 18.8. The molecule has 0 bridgehead atoms. The topological polar surface area (TPSA) is 103 Å². The zero-order valence-corrected chi connectivity index (χ0v) is 29.8. The lowest BCUT2D eigenvalue weighted by Gasteiger charge is -2.65. The highest BCUT2D eigenvalue weighted by atomic mass is 19.4. The second kappa shape index (κ2) is 11.8. The summed E-state index contributed by atoms with van der Waals surface area (Å²) in [6.07, 6.45) is 3.29. The van der Waals surface area contributed by atoms with Crippen LogP contribution in [0, 0.1) is 12.3 Å². The maximum Gasteiger partial charge on any atom is 0.422 e. The molecule has 0 unspecified atom stereocenters. The van der Waals surface area contributed by atoms with Gasteiger partial charge in [0, 0.05) is 67.6 Å². The summed E-state index contributed by atoms with van der Waals surface area (Å²) in [5.41, 5.74) is 4.68. The number of hydrogen-bond acceptors (Lipinski definition) is 9. The van der Waals surface area contributed by atoms with Crippen LogP contribution in [0.1, 0.15) is 49.1 Å². The maximum absolute atomic E-state index is 14.1. The molecule has 14 heteroatoms. The van der Waals surface area contributed by atoms with E-state index in [1.165, 1.54) is 6.08 Å². The van der Waals surface area contributed by atoms with Gasteiger partial charge in [-0.1, -0.05) is 12.6 Å². The second-order valence-corrected chi connectivity index (χ2v) is 16.3. The standard InChI is InChI=1S/C39H43F3N8O3/c1-3-30(51)48-18-37(19-48)8-11-47(12-9-37)35-27-14-26(24-5-6-24)32(31-23(2)4-7-29-28(31)15-43-46-29)34(53-22-39(40,41)42)33(27)44-36(45-35)49-20-38(21-49)10-13-50(38)25-16-52-17-25/h3-4,7,14-15,24-25H,1,5-6,8-13,16-22H2,2H3,(H,43,46). The number of nitrogens with zero attached hydrogens (tertiary/aromatic N) is 7. The molecule has 4 aromatic rings. The number of anilines is 2. The van der Waals surface area contributed by atoms with Crippen LogP contribution in [0.3, 0.4) is 0 Å². The van der Waals surface area contributed by atoms with Gasteiger partial charge in [0.2, 0.25) is 11.9 Å². The Morgan fingerprint density at radius 1 is 1.04 bits per heavy atom. The van der Waals surface area contributed by atoms with Gasteiger partial charge in [-0.3, -0.25) is 14.8 Å². The van der Waals surface area contributed by atoms with Crippen molar-refractivity contribution in [2.24, 2.45) is 5.41 Å². The molecule has 10 rings (SSSR count). The zero-order valence-electron chi connectivity index (χ0n) is 29.8. The number of aromatic amines is 1. The van der Waals surface area contributed by atoms with E-state index in [0.717, 1.165) is 98.4 Å². The van der Waals surface area contributed by atoms with Crippen LogP contribution < -0.4 is 14.5 Å². The molecule has 1 aliphatic carbocycles. The van der Waals surface area contributed by atoms with Gasteiger partial charge in [0.15, 0.2) is 12.4 Å². The van der Waals surface area contributed by atoms with Crippen LogP contribution in [-0.2, 0) is 9.53 Å². The summed E-state index contributed by atoms with van der Waals surface area (Å²) < 4.78 is 53.9. The molecule has 2 aromatic carbocycles. The van der Waals surface area contributed by atoms with Gasteiger partial charge in [-0.05, 0) is 79.8 Å². The lowest BCUT2D eigenvalue weighted by atomic mass is 9.72. The lowest BCUT2D eigenvalue weighted by molar-refractivity contribution is -0.155. The van der Waals surface area contributed by atoms with Crippen LogP contribution in [0.15, 0.2) is 37.1 Å². The monoisotopic (exact) mass is 728 g/mol. The minimum Gasteiger partial charge on any atom is -0.481 e. The summed E-state index contributed by atoms with van der Waals surface area (Å²) in [7, 11) is 0. The molecule has 1 saturated carbocycles. The number of benzene rings is 2. The van der Waals surface area contributed by atoms with E-state index in [0.29, 0.717) is 54.6 Å². The number of hydrogen-bond donors (Lipinski definition) is 1. The summed E-state index contributed by atoms with van der Waals surface area (Å²) in [4.78, 5) is 31.5. The van der Waals surface area contributed by atoms with Crippen molar-refractivity contribution in [3.8, 4) is 16.9 Å². The highest BCUT2D eigenvalue weighted by Gasteiger charge is 2.57. The Hall–Kier alpha value is -4.43. The summed E-state index contributed by atoms with van der Waals surface area (Å²) >= 11 is 0. The Morgan fingerprint density at radius 2 is 1.81 bits per heavy atom. The SMILES string of the molecule is C=CC(=O)N1CC2(CCN(c3nc(N4CC5(CCN5C5COC5)C4)nc4c(OCC(F)(F)F)c(-c5c(C)ccc6[nH]ncc56)c(C5CC5)cc34)CC2)C1. The number of carbonyl (C=O) groups is 1. The first-order valence-corrected chi connectivity index (χ1v) is 18.8. The van der Waals surface area contributed by atoms with Gasteiger partial charge in [0.1, 0.15) is 11.3 Å². The molecular weight excluding hydrogens is 685 g/mol. The van der Waals surface area contributed by atoms with Crippen LogP contribution in [0.5, 0.6) is 5.75 Å². The molecule has 1 amide bonds. The Bertz CT molecular complexity index is 2140. The van der Waals surface area contributed by atoms with Gasteiger partial charge in [-0.2, -0.15) is 23.3 Å². The summed E-state index contributed by atoms with van der Waals surface area (Å²) in [6.45, 7) is 11.1. The Morgan fingerprint density at radius 3 is 2.45 bits per heavy atom. The Labute approximate surface area is 305 Å². The molecule has 5 aliphatic heterocycles. The number of aryl methyl sites for hydroxylation is 1. The van der Waals surface area contributed by atoms with Crippen LogP contribution in [0.2, 0.25) is 0 Å². The minimum atomic E-state index is -4.55. The number of nitrogens with one attached hydrogen (secondary N) is 1. The van der Waals surface area contributed by atoms with Crippen molar-refractivity contribution in [2.75, 3.05) is 75.4 Å². The van der Waals surface area contributed by atoms with Crippen molar-refractivity contribution in [1.82, 2.24) is 30.0 Å². The maximum atomic E-state index is 14.1. The molecular formula is C39H43F3N8O3. The van der Waals surface area contributed by atoms with Gasteiger partial charge in [-0.15, -0.1) is 0 Å². The van der Waals surface area contributed by atoms with Crippen molar-refractivity contribution >= 4 is 39.5 Å². The number of fused-ring (bicyclic) bond motifs is 2. The summed E-state index contributed by atoms with van der Waals surface area (Å²) in [5, 5.41) is 8.89. The van der Waals surface area contributed by atoms with Gasteiger partial charge < -0.3 is 24.2 Å². The van der Waals surface area contributed by atoms with E-state index in [2.05, 4.69) is 37.5 Å². The molecule has 5 saturated heterocycles. The van der Waals surface area contributed by atoms with Crippen molar-refractivity contribution < 1.29 is 27.4 Å². The van der Waals surface area contributed by atoms with Crippen molar-refractivity contribution in [3.63, 3.8) is 0 Å². The van der Waals surface area contributed by atoms with E-state index in [9.17, 15) is 18.0 Å². The van der Waals surface area contributed by atoms with Crippen molar-refractivity contribution in [1.29, 1.82) is 0 Å². The predicted molar refractivity (Wildman–Crippen MR) is 194 cm³/mol. The number of aromatic nitrogens is 4. The van der Waals surface area contributed by atoms with E-state index in [-0.39, 0.29) is 28.5 Å². The summed E-state index contributed by atoms with van der Waals surface area (Å²) in [6, 6.07) is 6.50. The quantitative estimate of drug-likeness (QED) is 0.233. The highest BCUT2D eigenvalue weighted by molar-refractivity contribution is 6.06. The highest BCUT2D eigenvalue weighted by Crippen LogP contribution is 2.54. The number of H-pyrrole nitrogens is 1. The van der Waals surface area contributed by atoms with Gasteiger partial charge in [0.25, 0.3) is 0 Å². The van der Waals surface area contributed by atoms with E-state index in [4.69, 9.17) is 19.4 Å². The molecule has 2 spiro atoms. The zero-order chi connectivity index (χ0) is 36.3. The van der Waals surface area contributed by atoms with Crippen molar-refractivity contribution in [3.05, 3.63) is 48.2 Å². The number of piperidine rings is 1. The number of ether oxygens (including phenoxy) is 2. The average molecular weight is 729 g/mol. The Kier molecular flexibility index (Phi) is 7.37. The van der Waals surface area contributed by atoms with Crippen molar-refractivity contribution in [2.45, 2.75) is 62.7 Å². The van der Waals surface area contributed by atoms with E-state index in [1.807, 2.05) is 24.0 Å². The van der Waals surface area contributed by atoms with Crippen LogP contribution in [-0.4, -0.2) is 119 Å². The lowest BCUT2D eigenvalue weighted by Crippen LogP contribution is -2.80.